The van der Waals surface area contributed by atoms with E-state index in [4.69, 9.17) is 12.2 Å². The van der Waals surface area contributed by atoms with E-state index >= 15 is 0 Å². The molecule has 0 aliphatic rings. The first-order valence-corrected chi connectivity index (χ1v) is 7.33. The van der Waals surface area contributed by atoms with E-state index in [1.54, 1.807) is 0 Å². The van der Waals surface area contributed by atoms with E-state index < -0.39 is 4.92 Å². The Hall–Kier alpha value is -2.05. The fraction of sp³-hybridized carbons (Fsp3) is 0. The van der Waals surface area contributed by atoms with Crippen LogP contribution in [0.25, 0.3) is 22.0 Å². The number of rotatable bonds is 2. The number of pyridine rings is 1. The number of benzene rings is 2. The maximum Gasteiger partial charge on any atom is 0.312 e. The summed E-state index contributed by atoms with van der Waals surface area (Å²) in [6.07, 6.45) is 0. The maximum atomic E-state index is 11.5. The number of aromatic nitrogens is 1. The number of nitro groups is 1. The first-order valence-electron chi connectivity index (χ1n) is 6.13. The molecule has 0 spiro atoms. The molecule has 3 aromatic rings. The summed E-state index contributed by atoms with van der Waals surface area (Å²) in [5, 5.41) is 12.2. The average molecular weight is 361 g/mol. The van der Waals surface area contributed by atoms with E-state index in [0.717, 1.165) is 20.9 Å². The highest BCUT2D eigenvalue weighted by Crippen LogP contribution is 2.37. The van der Waals surface area contributed by atoms with Gasteiger partial charge in [-0.2, -0.15) is 0 Å². The number of halogens is 1. The first-order chi connectivity index (χ1) is 10.1. The summed E-state index contributed by atoms with van der Waals surface area (Å²) in [5.74, 6) is 0. The molecule has 4 nitrogen and oxygen atoms in total. The summed E-state index contributed by atoms with van der Waals surface area (Å²) in [5.41, 5.74) is 2.02. The van der Waals surface area contributed by atoms with Gasteiger partial charge < -0.3 is 4.98 Å². The van der Waals surface area contributed by atoms with Gasteiger partial charge in [-0.25, -0.2) is 0 Å². The second-order valence-electron chi connectivity index (χ2n) is 4.49. The molecule has 1 aromatic heterocycles. The minimum atomic E-state index is -0.429. The van der Waals surface area contributed by atoms with Crippen molar-refractivity contribution < 1.29 is 4.92 Å². The van der Waals surface area contributed by atoms with Gasteiger partial charge in [0, 0.05) is 15.4 Å². The van der Waals surface area contributed by atoms with Crippen molar-refractivity contribution >= 4 is 44.7 Å². The Morgan fingerprint density at radius 2 is 1.86 bits per heavy atom. The predicted octanol–water partition coefficient (Wildman–Crippen LogP) is 5.24. The number of H-pyrrole nitrogens is 1. The van der Waals surface area contributed by atoms with Gasteiger partial charge in [0.1, 0.15) is 0 Å². The lowest BCUT2D eigenvalue weighted by molar-refractivity contribution is -0.384. The van der Waals surface area contributed by atoms with Crippen molar-refractivity contribution in [3.8, 4) is 11.1 Å². The molecule has 104 valence electrons. The Bertz CT molecular complexity index is 907. The molecule has 0 fully saturated rings. The molecule has 0 saturated heterocycles. The van der Waals surface area contributed by atoms with Crippen LogP contribution in [0.15, 0.2) is 53.0 Å². The van der Waals surface area contributed by atoms with Crippen LogP contribution in [0, 0.1) is 14.8 Å². The molecule has 21 heavy (non-hydrogen) atoms. The zero-order chi connectivity index (χ0) is 15.0. The molecular formula is C15H9BrN2O2S. The van der Waals surface area contributed by atoms with Crippen LogP contribution in [0.3, 0.4) is 0 Å². The number of aromatic amines is 1. The minimum absolute atomic E-state index is 0.0678. The SMILES string of the molecule is O=[N+]([O-])c1c(-c2ccccc2)c2cc(Br)ccc2[nH]c1=S. The topological polar surface area (TPSA) is 58.9 Å². The highest BCUT2D eigenvalue weighted by atomic mass is 79.9. The Labute approximate surface area is 133 Å². The molecule has 3 rings (SSSR count). The molecule has 0 atom stereocenters. The lowest BCUT2D eigenvalue weighted by Crippen LogP contribution is -1.97. The predicted molar refractivity (Wildman–Crippen MR) is 88.9 cm³/mol. The van der Waals surface area contributed by atoms with Crippen LogP contribution in [0.2, 0.25) is 0 Å². The maximum absolute atomic E-state index is 11.5. The van der Waals surface area contributed by atoms with E-state index in [0.29, 0.717) is 5.56 Å². The van der Waals surface area contributed by atoms with Crippen molar-refractivity contribution in [1.82, 2.24) is 4.98 Å². The second-order valence-corrected chi connectivity index (χ2v) is 5.81. The molecule has 0 unspecified atom stereocenters. The molecule has 0 amide bonds. The number of fused-ring (bicyclic) bond motifs is 1. The van der Waals surface area contributed by atoms with Gasteiger partial charge in [-0.1, -0.05) is 58.5 Å². The van der Waals surface area contributed by atoms with E-state index in [9.17, 15) is 10.1 Å². The normalized spacial score (nSPS) is 10.7. The summed E-state index contributed by atoms with van der Waals surface area (Å²) in [6.45, 7) is 0. The number of hydrogen-bond acceptors (Lipinski definition) is 3. The van der Waals surface area contributed by atoms with Gasteiger partial charge in [-0.05, 0) is 23.8 Å². The Morgan fingerprint density at radius 1 is 1.14 bits per heavy atom. The fourth-order valence-corrected chi connectivity index (χ4v) is 2.97. The zero-order valence-corrected chi connectivity index (χ0v) is 13.1. The molecule has 0 saturated carbocycles. The smallest absolute Gasteiger partial charge is 0.312 e. The van der Waals surface area contributed by atoms with Crippen molar-refractivity contribution in [2.75, 3.05) is 0 Å². The van der Waals surface area contributed by atoms with Crippen molar-refractivity contribution in [3.63, 3.8) is 0 Å². The molecule has 0 aliphatic carbocycles. The monoisotopic (exact) mass is 360 g/mol. The van der Waals surface area contributed by atoms with Crippen LogP contribution >= 0.6 is 28.1 Å². The molecule has 1 heterocycles. The highest BCUT2D eigenvalue weighted by molar-refractivity contribution is 9.10. The summed E-state index contributed by atoms with van der Waals surface area (Å²) in [7, 11) is 0. The third-order valence-electron chi connectivity index (χ3n) is 3.20. The van der Waals surface area contributed by atoms with Crippen LogP contribution in [-0.2, 0) is 0 Å². The van der Waals surface area contributed by atoms with E-state index in [1.807, 2.05) is 48.5 Å². The molecule has 0 aliphatic heterocycles. The lowest BCUT2D eigenvalue weighted by atomic mass is 10.00. The van der Waals surface area contributed by atoms with Crippen LogP contribution in [0.1, 0.15) is 0 Å². The fourth-order valence-electron chi connectivity index (χ4n) is 2.33. The van der Waals surface area contributed by atoms with Crippen LogP contribution in [0.4, 0.5) is 5.69 Å². The Kier molecular flexibility index (Phi) is 3.57. The first kappa shape index (κ1) is 13.9. The average Bonchev–Trinajstić information content (AvgIpc) is 2.47. The molecule has 0 bridgehead atoms. The Balaban J connectivity index is 2.53. The molecular weight excluding hydrogens is 352 g/mol. The van der Waals surface area contributed by atoms with E-state index in [-0.39, 0.29) is 10.3 Å². The summed E-state index contributed by atoms with van der Waals surface area (Å²) in [4.78, 5) is 14.0. The van der Waals surface area contributed by atoms with Crippen LogP contribution < -0.4 is 0 Å². The zero-order valence-electron chi connectivity index (χ0n) is 10.7. The molecule has 0 radical (unpaired) electrons. The summed E-state index contributed by atoms with van der Waals surface area (Å²) >= 11 is 8.58. The summed E-state index contributed by atoms with van der Waals surface area (Å²) in [6, 6.07) is 14.8. The van der Waals surface area contributed by atoms with Gasteiger partial charge in [-0.15, -0.1) is 0 Å². The standard InChI is InChI=1S/C15H9BrN2O2S/c16-10-6-7-12-11(8-10)13(9-4-2-1-3-5-9)14(18(19)20)15(21)17-12/h1-8H,(H,17,21). The third-order valence-corrected chi connectivity index (χ3v) is 3.98. The third kappa shape index (κ3) is 2.48. The second kappa shape index (κ2) is 5.38. The number of nitrogens with zero attached hydrogens (tertiary/aromatic N) is 1. The molecule has 1 N–H and O–H groups in total. The Morgan fingerprint density at radius 3 is 2.52 bits per heavy atom. The largest absolute Gasteiger partial charge is 0.340 e. The van der Waals surface area contributed by atoms with Gasteiger partial charge in [0.15, 0.2) is 4.64 Å². The van der Waals surface area contributed by atoms with Gasteiger partial charge >= 0.3 is 5.69 Å². The van der Waals surface area contributed by atoms with Crippen LogP contribution in [-0.4, -0.2) is 9.91 Å². The van der Waals surface area contributed by atoms with Crippen molar-refractivity contribution in [1.29, 1.82) is 0 Å². The quantitative estimate of drug-likeness (QED) is 0.386. The van der Waals surface area contributed by atoms with Gasteiger partial charge in [0.25, 0.3) is 0 Å². The van der Waals surface area contributed by atoms with Gasteiger partial charge in [0.2, 0.25) is 0 Å². The van der Waals surface area contributed by atoms with E-state index in [1.165, 1.54) is 0 Å². The van der Waals surface area contributed by atoms with Crippen molar-refractivity contribution in [3.05, 3.63) is 67.8 Å². The van der Waals surface area contributed by atoms with Crippen molar-refractivity contribution in [2.45, 2.75) is 0 Å². The van der Waals surface area contributed by atoms with Crippen LogP contribution in [0.5, 0.6) is 0 Å². The highest BCUT2D eigenvalue weighted by Gasteiger charge is 2.21. The summed E-state index contributed by atoms with van der Waals surface area (Å²) < 4.78 is 0.987. The van der Waals surface area contributed by atoms with Gasteiger partial charge in [-0.3, -0.25) is 10.1 Å². The van der Waals surface area contributed by atoms with Crippen molar-refractivity contribution in [2.24, 2.45) is 0 Å². The molecule has 6 heteroatoms. The van der Waals surface area contributed by atoms with Gasteiger partial charge in [0.05, 0.1) is 10.5 Å². The number of nitrogens with one attached hydrogen (secondary N) is 1. The lowest BCUT2D eigenvalue weighted by Gasteiger charge is -2.09. The number of hydrogen-bond donors (Lipinski definition) is 1. The van der Waals surface area contributed by atoms with E-state index in [2.05, 4.69) is 20.9 Å². The minimum Gasteiger partial charge on any atom is -0.340 e. The molecule has 2 aromatic carbocycles.